The van der Waals surface area contributed by atoms with Crippen molar-refractivity contribution in [3.63, 3.8) is 0 Å². The fourth-order valence-electron chi connectivity index (χ4n) is 4.20. The van der Waals surface area contributed by atoms with E-state index >= 15 is 0 Å². The number of ether oxygens (including phenoxy) is 1. The van der Waals surface area contributed by atoms with Gasteiger partial charge in [0.25, 0.3) is 0 Å². The third-order valence-corrected chi connectivity index (χ3v) is 7.06. The third kappa shape index (κ3) is 6.99. The number of nitrogens with one attached hydrogen (secondary N) is 2. The Morgan fingerprint density at radius 1 is 1.17 bits per heavy atom. The topological polar surface area (TPSA) is 88.6 Å². The van der Waals surface area contributed by atoms with Crippen LogP contribution in [0.15, 0.2) is 18.5 Å². The number of aryl methyl sites for hydroxylation is 1. The molecule has 2 aromatic rings. The number of carbonyl (C=O) groups is 1. The van der Waals surface area contributed by atoms with Crippen molar-refractivity contribution in [2.75, 3.05) is 51.5 Å². The van der Waals surface area contributed by atoms with Crippen LogP contribution in [0.4, 0.5) is 16.3 Å². The first kappa shape index (κ1) is 28.4. The van der Waals surface area contributed by atoms with E-state index in [4.69, 9.17) is 20.9 Å². The van der Waals surface area contributed by atoms with Gasteiger partial charge in [-0.15, -0.1) is 0 Å². The molecule has 8 nitrogen and oxygen atoms in total. The molecule has 0 aliphatic carbocycles. The molecule has 3 aliphatic heterocycles. The Labute approximate surface area is 220 Å². The van der Waals surface area contributed by atoms with Gasteiger partial charge in [-0.1, -0.05) is 31.5 Å². The molecule has 2 fully saturated rings. The Morgan fingerprint density at radius 3 is 2.42 bits per heavy atom. The van der Waals surface area contributed by atoms with E-state index in [2.05, 4.69) is 39.7 Å². The van der Waals surface area contributed by atoms with E-state index < -0.39 is 7.49 Å². The van der Waals surface area contributed by atoms with E-state index in [-0.39, 0.29) is 12.2 Å². The molecule has 4 heterocycles. The lowest BCUT2D eigenvalue weighted by Gasteiger charge is -2.28. The highest BCUT2D eigenvalue weighted by Gasteiger charge is 2.30. The van der Waals surface area contributed by atoms with E-state index in [0.29, 0.717) is 11.1 Å². The van der Waals surface area contributed by atoms with Crippen LogP contribution < -0.4 is 15.4 Å². The third-order valence-electron chi connectivity index (χ3n) is 6.06. The maximum atomic E-state index is 11.4. The van der Waals surface area contributed by atoms with E-state index in [0.717, 1.165) is 67.4 Å². The molecule has 2 N–H and O–H groups in total. The normalized spacial score (nSPS) is 18.4. The minimum atomic E-state index is -1.42. The van der Waals surface area contributed by atoms with Gasteiger partial charge in [0.2, 0.25) is 0 Å². The van der Waals surface area contributed by atoms with Crippen molar-refractivity contribution >= 4 is 36.7 Å². The number of carbonyl (C=O) groups excluding carboxylic acids is 1. The van der Waals surface area contributed by atoms with Gasteiger partial charge in [-0.05, 0) is 43.9 Å². The van der Waals surface area contributed by atoms with Crippen molar-refractivity contribution in [1.82, 2.24) is 20.2 Å². The Morgan fingerprint density at radius 2 is 1.83 bits per heavy atom. The quantitative estimate of drug-likeness (QED) is 0.339. The largest absolute Gasteiger partial charge is 0.483 e. The first-order valence-corrected chi connectivity index (χ1v) is 16.1. The van der Waals surface area contributed by atoms with Gasteiger partial charge in [-0.2, -0.15) is 0 Å². The molecule has 2 saturated heterocycles. The zero-order valence-electron chi connectivity index (χ0n) is 22.5. The molecule has 1 aromatic carbocycles. The second kappa shape index (κ2) is 12.4. The van der Waals surface area contributed by atoms with Crippen molar-refractivity contribution in [3.05, 3.63) is 40.3 Å². The van der Waals surface area contributed by atoms with Crippen LogP contribution in [-0.4, -0.2) is 67.1 Å². The number of benzene rings is 1. The summed E-state index contributed by atoms with van der Waals surface area (Å²) in [6, 6.07) is 4.37. The summed E-state index contributed by atoms with van der Waals surface area (Å²) in [5.74, 6) is 2.15. The predicted octanol–water partition coefficient (Wildman–Crippen LogP) is 6.39. The number of nitrogens with zero attached hydrogens (tertiary/aromatic N) is 3. The summed E-state index contributed by atoms with van der Waals surface area (Å²) in [6.45, 7) is 17.8. The lowest BCUT2D eigenvalue weighted by atomic mass is 9.92. The highest BCUT2D eigenvalue weighted by atomic mass is 35.5. The fraction of sp³-hybridized carbons (Fsp3) is 0.577. The van der Waals surface area contributed by atoms with Crippen molar-refractivity contribution in [2.45, 2.75) is 52.6 Å². The van der Waals surface area contributed by atoms with Gasteiger partial charge in [-0.25, -0.2) is 14.8 Å². The molecule has 36 heavy (non-hydrogen) atoms. The SMILES string of the molecule is CC.C[P+](C)(C)OC(=O)N1CCCC1.Cc1cc(C2CNC2)cc2c1OC(C)c1c(Cl)ncnc1N2. The fourth-order valence-corrected chi connectivity index (χ4v) is 5.07. The molecule has 5 rings (SSSR count). The summed E-state index contributed by atoms with van der Waals surface area (Å²) in [5.41, 5.74) is 4.19. The van der Waals surface area contributed by atoms with E-state index in [1.807, 2.05) is 40.8 Å². The van der Waals surface area contributed by atoms with Crippen molar-refractivity contribution in [1.29, 1.82) is 0 Å². The predicted molar refractivity (Wildman–Crippen MR) is 149 cm³/mol. The number of rotatable bonds is 2. The molecule has 1 aromatic heterocycles. The Balaban J connectivity index is 0.000000220. The molecule has 3 aliphatic rings. The summed E-state index contributed by atoms with van der Waals surface area (Å²) in [5, 5.41) is 7.12. The van der Waals surface area contributed by atoms with Crippen LogP contribution in [0.1, 0.15) is 62.3 Å². The molecule has 198 valence electrons. The summed E-state index contributed by atoms with van der Waals surface area (Å²) < 4.78 is 11.5. The van der Waals surface area contributed by atoms with Crippen molar-refractivity contribution < 1.29 is 14.1 Å². The van der Waals surface area contributed by atoms with Gasteiger partial charge in [-0.3, -0.25) is 4.52 Å². The zero-order valence-corrected chi connectivity index (χ0v) is 24.2. The molecule has 0 bridgehead atoms. The molecule has 0 saturated carbocycles. The van der Waals surface area contributed by atoms with Crippen LogP contribution >= 0.6 is 19.1 Å². The average Bonchev–Trinajstić information content (AvgIpc) is 3.26. The van der Waals surface area contributed by atoms with E-state index in [1.165, 1.54) is 11.9 Å². The maximum Gasteiger partial charge on any atom is 0.447 e. The number of halogens is 1. The van der Waals surface area contributed by atoms with Gasteiger partial charge < -0.3 is 20.3 Å². The Hall–Kier alpha value is -2.15. The van der Waals surface area contributed by atoms with Gasteiger partial charge in [0.1, 0.15) is 29.2 Å². The second-order valence-corrected chi connectivity index (χ2v) is 14.1. The van der Waals surface area contributed by atoms with Gasteiger partial charge >= 0.3 is 6.09 Å². The maximum absolute atomic E-state index is 11.4. The molecule has 1 amide bonds. The molecule has 1 atom stereocenters. The highest BCUT2D eigenvalue weighted by Crippen LogP contribution is 2.48. The van der Waals surface area contributed by atoms with Crippen LogP contribution in [0.2, 0.25) is 5.15 Å². The second-order valence-electron chi connectivity index (χ2n) is 9.82. The van der Waals surface area contributed by atoms with Crippen LogP contribution in [0.5, 0.6) is 5.75 Å². The molecule has 1 unspecified atom stereocenters. The van der Waals surface area contributed by atoms with Crippen LogP contribution in [-0.2, 0) is 4.52 Å². The number of hydrogen-bond acceptors (Lipinski definition) is 7. The molecule has 10 heteroatoms. The first-order chi connectivity index (χ1) is 17.1. The summed E-state index contributed by atoms with van der Waals surface area (Å²) in [6.07, 6.45) is 3.40. The first-order valence-electron chi connectivity index (χ1n) is 12.7. The number of likely N-dealkylation sites (tertiary alicyclic amines) is 1. The van der Waals surface area contributed by atoms with E-state index in [1.54, 1.807) is 4.90 Å². The minimum Gasteiger partial charge on any atom is -0.483 e. The number of fused-ring (bicyclic) bond motifs is 2. The molecule has 0 spiro atoms. The smallest absolute Gasteiger partial charge is 0.447 e. The summed E-state index contributed by atoms with van der Waals surface area (Å²) >= 11 is 6.23. The van der Waals surface area contributed by atoms with Gasteiger partial charge in [0, 0.05) is 32.1 Å². The minimum absolute atomic E-state index is 0.117. The molecular weight excluding hydrogens is 497 g/mol. The lowest BCUT2D eigenvalue weighted by Crippen LogP contribution is -2.39. The molecular formula is C26H40ClN5O3P+. The summed E-state index contributed by atoms with van der Waals surface area (Å²) in [7, 11) is -1.42. The van der Waals surface area contributed by atoms with Crippen LogP contribution in [0, 0.1) is 6.92 Å². The van der Waals surface area contributed by atoms with E-state index in [9.17, 15) is 4.79 Å². The average molecular weight is 537 g/mol. The highest BCUT2D eigenvalue weighted by molar-refractivity contribution is 7.69. The van der Waals surface area contributed by atoms with Gasteiger partial charge in [0.05, 0.1) is 31.2 Å². The number of hydrogen-bond donors (Lipinski definition) is 2. The summed E-state index contributed by atoms with van der Waals surface area (Å²) in [4.78, 5) is 21.6. The lowest BCUT2D eigenvalue weighted by molar-refractivity contribution is 0.167. The van der Waals surface area contributed by atoms with Crippen LogP contribution in [0.3, 0.4) is 0 Å². The monoisotopic (exact) mass is 536 g/mol. The number of aromatic nitrogens is 2. The molecule has 0 radical (unpaired) electrons. The number of anilines is 2. The van der Waals surface area contributed by atoms with Crippen molar-refractivity contribution in [2.24, 2.45) is 0 Å². The standard InChI is InChI=1S/C16H17ClN4O.C8H17NO2P.C2H6/c1-8-3-10(11-5-18-6-11)4-12-14(8)22-9(2)13-15(17)19-7-20-16(13)21-12;1-12(2,3)11-8(10)9-6-4-5-7-9;1-2/h3-4,7,9,11,18H,5-6H2,1-2H3,(H,19,20,21);4-7H2,1-3H3;1-2H3/q;+1;. The number of amides is 1. The van der Waals surface area contributed by atoms with Gasteiger partial charge in [0.15, 0.2) is 7.49 Å². The Kier molecular flexibility index (Phi) is 9.79. The van der Waals surface area contributed by atoms with Crippen molar-refractivity contribution in [3.8, 4) is 5.75 Å². The van der Waals surface area contributed by atoms with Crippen LogP contribution in [0.25, 0.3) is 0 Å². The zero-order chi connectivity index (χ0) is 26.5. The Bertz CT molecular complexity index is 1050.